The highest BCUT2D eigenvalue weighted by atomic mass is 16.7. The summed E-state index contributed by atoms with van der Waals surface area (Å²) in [6, 6.07) is 6.58. The third kappa shape index (κ3) is 2.55. The number of esters is 1. The second kappa shape index (κ2) is 4.86. The molecular formula is C12H13NO4. The van der Waals surface area contributed by atoms with E-state index >= 15 is 0 Å². The highest BCUT2D eigenvalue weighted by Crippen LogP contribution is 2.19. The third-order valence-corrected chi connectivity index (χ3v) is 2.42. The van der Waals surface area contributed by atoms with E-state index in [1.807, 2.05) is 0 Å². The summed E-state index contributed by atoms with van der Waals surface area (Å²) in [5.41, 5.74) is 1.51. The maximum atomic E-state index is 11.4. The molecule has 1 aromatic rings. The normalized spacial score (nSPS) is 18.4. The summed E-state index contributed by atoms with van der Waals surface area (Å²) in [6.07, 6.45) is -0.261. The minimum absolute atomic E-state index is 0.190. The van der Waals surface area contributed by atoms with Crippen LogP contribution in [0.1, 0.15) is 18.9 Å². The molecule has 0 aliphatic carbocycles. The number of hydrogen-bond donors (Lipinski definition) is 1. The van der Waals surface area contributed by atoms with Crippen molar-refractivity contribution in [2.45, 2.75) is 19.4 Å². The molecule has 5 nitrogen and oxygen atoms in total. The molecule has 1 N–H and O–H groups in total. The van der Waals surface area contributed by atoms with Crippen LogP contribution in [0, 0.1) is 0 Å². The van der Waals surface area contributed by atoms with E-state index in [9.17, 15) is 4.79 Å². The lowest BCUT2D eigenvalue weighted by Crippen LogP contribution is -2.23. The Morgan fingerprint density at radius 3 is 2.88 bits per heavy atom. The van der Waals surface area contributed by atoms with E-state index in [-0.39, 0.29) is 5.75 Å². The number of rotatable bonds is 3. The molecule has 1 aromatic carbocycles. The maximum Gasteiger partial charge on any atom is 0.350 e. The quantitative estimate of drug-likeness (QED) is 0.805. The van der Waals surface area contributed by atoms with Gasteiger partial charge in [-0.2, -0.15) is 0 Å². The molecule has 1 atom stereocenters. The van der Waals surface area contributed by atoms with Gasteiger partial charge in [0.15, 0.2) is 0 Å². The molecular weight excluding hydrogens is 222 g/mol. The van der Waals surface area contributed by atoms with Crippen molar-refractivity contribution in [3.63, 3.8) is 0 Å². The molecule has 0 saturated carbocycles. The van der Waals surface area contributed by atoms with E-state index < -0.39 is 12.1 Å². The topological polar surface area (TPSA) is 68.1 Å². The van der Waals surface area contributed by atoms with Crippen molar-refractivity contribution in [2.75, 3.05) is 6.61 Å². The fourth-order valence-electron chi connectivity index (χ4n) is 1.56. The molecule has 0 bridgehead atoms. The number of carbonyl (C=O) groups is 1. The largest absolute Gasteiger partial charge is 0.508 e. The van der Waals surface area contributed by atoms with E-state index in [0.29, 0.717) is 18.7 Å². The number of aromatic hydroxyl groups is 1. The van der Waals surface area contributed by atoms with Crippen molar-refractivity contribution in [1.29, 1.82) is 0 Å². The third-order valence-electron chi connectivity index (χ3n) is 2.42. The lowest BCUT2D eigenvalue weighted by atomic mass is 10.1. The second-order valence-electron chi connectivity index (χ2n) is 3.64. The smallest absolute Gasteiger partial charge is 0.350 e. The number of nitrogens with zero attached hydrogens (tertiary/aromatic N) is 1. The summed E-state index contributed by atoms with van der Waals surface area (Å²) in [5, 5.41) is 13.0. The Morgan fingerprint density at radius 1 is 1.53 bits per heavy atom. The summed E-state index contributed by atoms with van der Waals surface area (Å²) in [4.78, 5) is 16.4. The molecule has 0 saturated heterocycles. The van der Waals surface area contributed by atoms with Crippen molar-refractivity contribution >= 4 is 11.7 Å². The summed E-state index contributed by atoms with van der Waals surface area (Å²) in [7, 11) is 0. The van der Waals surface area contributed by atoms with Gasteiger partial charge >= 0.3 is 5.97 Å². The Labute approximate surface area is 98.6 Å². The van der Waals surface area contributed by atoms with Gasteiger partial charge < -0.3 is 14.7 Å². The van der Waals surface area contributed by atoms with Gasteiger partial charge in [-0.3, -0.25) is 0 Å². The molecule has 0 radical (unpaired) electrons. The number of hydrogen-bond acceptors (Lipinski definition) is 5. The molecule has 1 aliphatic rings. The van der Waals surface area contributed by atoms with Gasteiger partial charge in [-0.1, -0.05) is 5.16 Å². The van der Waals surface area contributed by atoms with Crippen molar-refractivity contribution in [2.24, 2.45) is 5.16 Å². The van der Waals surface area contributed by atoms with Crippen LogP contribution in [0.3, 0.4) is 0 Å². The Hall–Kier alpha value is -2.04. The molecule has 0 fully saturated rings. The first-order chi connectivity index (χ1) is 8.20. The SMILES string of the molecule is CCOC(=O)C1CC(c2ccc(O)cc2)=NO1. The standard InChI is InChI=1S/C12H13NO4/c1-2-16-12(15)11-7-10(13-17-11)8-3-5-9(14)6-4-8/h3-6,11,14H,2,7H2,1H3. The van der Waals surface area contributed by atoms with Crippen LogP contribution in [0.2, 0.25) is 0 Å². The average molecular weight is 235 g/mol. The Balaban J connectivity index is 2.02. The predicted molar refractivity (Wildman–Crippen MR) is 60.8 cm³/mol. The van der Waals surface area contributed by atoms with E-state index in [4.69, 9.17) is 14.7 Å². The summed E-state index contributed by atoms with van der Waals surface area (Å²) in [5.74, 6) is -0.208. The molecule has 2 rings (SSSR count). The fraction of sp³-hybridized carbons (Fsp3) is 0.333. The fourth-order valence-corrected chi connectivity index (χ4v) is 1.56. The average Bonchev–Trinajstić information content (AvgIpc) is 2.80. The van der Waals surface area contributed by atoms with Crippen LogP contribution in [0.25, 0.3) is 0 Å². The zero-order valence-corrected chi connectivity index (χ0v) is 9.42. The minimum atomic E-state index is -0.654. The van der Waals surface area contributed by atoms with E-state index in [0.717, 1.165) is 5.56 Å². The first kappa shape index (κ1) is 11.4. The molecule has 1 aliphatic heterocycles. The first-order valence-corrected chi connectivity index (χ1v) is 5.39. The highest BCUT2D eigenvalue weighted by molar-refractivity contribution is 6.03. The monoisotopic (exact) mass is 235 g/mol. The van der Waals surface area contributed by atoms with Crippen molar-refractivity contribution < 1.29 is 19.5 Å². The number of ether oxygens (including phenoxy) is 1. The molecule has 90 valence electrons. The molecule has 0 amide bonds. The number of oxime groups is 1. The van der Waals surface area contributed by atoms with Crippen LogP contribution in [0.5, 0.6) is 5.75 Å². The lowest BCUT2D eigenvalue weighted by Gasteiger charge is -2.06. The molecule has 5 heteroatoms. The van der Waals surface area contributed by atoms with Gasteiger partial charge in [0.2, 0.25) is 6.10 Å². The van der Waals surface area contributed by atoms with Gasteiger partial charge in [-0.25, -0.2) is 4.79 Å². The maximum absolute atomic E-state index is 11.4. The molecule has 1 unspecified atom stereocenters. The number of phenolic OH excluding ortho intramolecular Hbond substituents is 1. The van der Waals surface area contributed by atoms with Crippen LogP contribution in [0.4, 0.5) is 0 Å². The summed E-state index contributed by atoms with van der Waals surface area (Å²) in [6.45, 7) is 2.07. The highest BCUT2D eigenvalue weighted by Gasteiger charge is 2.29. The zero-order valence-electron chi connectivity index (χ0n) is 9.42. The summed E-state index contributed by atoms with van der Waals surface area (Å²) < 4.78 is 4.85. The van der Waals surface area contributed by atoms with Crippen LogP contribution in [0.15, 0.2) is 29.4 Å². The summed E-state index contributed by atoms with van der Waals surface area (Å²) >= 11 is 0. The van der Waals surface area contributed by atoms with E-state index in [1.54, 1.807) is 31.2 Å². The lowest BCUT2D eigenvalue weighted by molar-refractivity contribution is -0.154. The molecule has 1 heterocycles. The minimum Gasteiger partial charge on any atom is -0.508 e. The molecule has 17 heavy (non-hydrogen) atoms. The molecule has 0 spiro atoms. The van der Waals surface area contributed by atoms with Crippen LogP contribution in [-0.4, -0.2) is 29.5 Å². The molecule has 0 aromatic heterocycles. The number of benzene rings is 1. The van der Waals surface area contributed by atoms with Gasteiger partial charge in [0.05, 0.1) is 12.3 Å². The van der Waals surface area contributed by atoms with Gasteiger partial charge in [0.1, 0.15) is 5.75 Å². The Bertz CT molecular complexity index is 438. The van der Waals surface area contributed by atoms with Crippen LogP contribution < -0.4 is 0 Å². The van der Waals surface area contributed by atoms with Gasteiger partial charge in [-0.05, 0) is 36.8 Å². The Morgan fingerprint density at radius 2 is 2.24 bits per heavy atom. The Kier molecular flexibility index (Phi) is 3.27. The van der Waals surface area contributed by atoms with Crippen molar-refractivity contribution in [3.8, 4) is 5.75 Å². The van der Waals surface area contributed by atoms with Crippen LogP contribution >= 0.6 is 0 Å². The first-order valence-electron chi connectivity index (χ1n) is 5.39. The predicted octanol–water partition coefficient (Wildman–Crippen LogP) is 1.45. The zero-order chi connectivity index (χ0) is 12.3. The second-order valence-corrected chi connectivity index (χ2v) is 3.64. The van der Waals surface area contributed by atoms with E-state index in [1.165, 1.54) is 0 Å². The number of carbonyl (C=O) groups excluding carboxylic acids is 1. The van der Waals surface area contributed by atoms with Crippen LogP contribution in [-0.2, 0) is 14.4 Å². The number of phenols is 1. The van der Waals surface area contributed by atoms with Gasteiger partial charge in [-0.15, -0.1) is 0 Å². The van der Waals surface area contributed by atoms with Gasteiger partial charge in [0, 0.05) is 6.42 Å². The van der Waals surface area contributed by atoms with Crippen molar-refractivity contribution in [3.05, 3.63) is 29.8 Å². The van der Waals surface area contributed by atoms with Crippen molar-refractivity contribution in [1.82, 2.24) is 0 Å². The van der Waals surface area contributed by atoms with Gasteiger partial charge in [0.25, 0.3) is 0 Å². The van der Waals surface area contributed by atoms with E-state index in [2.05, 4.69) is 5.16 Å².